The number of ether oxygens (including phenoxy) is 1. The number of amides is 1. The molecule has 5 nitrogen and oxygen atoms in total. The number of hydrogen-bond donors (Lipinski definition) is 1. The van der Waals surface area contributed by atoms with E-state index >= 15 is 0 Å². The molecule has 0 spiro atoms. The number of likely N-dealkylation sites (tertiary alicyclic amines) is 1. The smallest absolute Gasteiger partial charge is 0.274 e. The van der Waals surface area contributed by atoms with Crippen molar-refractivity contribution in [2.75, 3.05) is 13.1 Å². The molecule has 1 aliphatic heterocycles. The highest BCUT2D eigenvalue weighted by Crippen LogP contribution is 2.28. The van der Waals surface area contributed by atoms with Crippen molar-refractivity contribution in [1.29, 1.82) is 0 Å². The van der Waals surface area contributed by atoms with Gasteiger partial charge in [-0.2, -0.15) is 5.10 Å². The number of nitrogens with zero attached hydrogens (tertiary/aromatic N) is 2. The summed E-state index contributed by atoms with van der Waals surface area (Å²) in [5.74, 6) is 1.65. The third-order valence-electron chi connectivity index (χ3n) is 5.71. The van der Waals surface area contributed by atoms with Crippen LogP contribution in [0.4, 0.5) is 0 Å². The monoisotopic (exact) mass is 353 g/mol. The summed E-state index contributed by atoms with van der Waals surface area (Å²) < 4.78 is 6.15. The number of para-hydroxylation sites is 1. The Morgan fingerprint density at radius 1 is 1.23 bits per heavy atom. The first-order chi connectivity index (χ1) is 12.6. The van der Waals surface area contributed by atoms with Crippen LogP contribution in [0.5, 0.6) is 5.75 Å². The van der Waals surface area contributed by atoms with Crippen LogP contribution in [-0.4, -0.2) is 40.2 Å². The summed E-state index contributed by atoms with van der Waals surface area (Å²) in [6.07, 6.45) is 5.03. The standard InChI is InChI=1S/C21H27N3O2/c1-14-7-8-18-17(13-14)20(23-22-18)21(25)24-11-9-16(10-12-24)26-19-6-4-3-5-15(19)2/h3-6,14,16H,7-13H2,1-2H3,(H,22,23)/t14-/m1/s1. The van der Waals surface area contributed by atoms with Gasteiger partial charge in [-0.1, -0.05) is 25.1 Å². The molecule has 0 unspecified atom stereocenters. The molecule has 1 atom stereocenters. The lowest BCUT2D eigenvalue weighted by molar-refractivity contribution is 0.0587. The van der Waals surface area contributed by atoms with E-state index in [1.807, 2.05) is 23.1 Å². The number of fused-ring (bicyclic) bond motifs is 1. The molecule has 0 saturated carbocycles. The minimum atomic E-state index is 0.0749. The zero-order valence-electron chi connectivity index (χ0n) is 15.6. The van der Waals surface area contributed by atoms with Gasteiger partial charge in [0.05, 0.1) is 0 Å². The van der Waals surface area contributed by atoms with Gasteiger partial charge in [-0.3, -0.25) is 9.89 Å². The molecule has 2 aromatic rings. The minimum absolute atomic E-state index is 0.0749. The molecule has 1 aromatic carbocycles. The van der Waals surface area contributed by atoms with E-state index in [1.54, 1.807) is 0 Å². The van der Waals surface area contributed by atoms with Gasteiger partial charge >= 0.3 is 0 Å². The fourth-order valence-electron chi connectivity index (χ4n) is 4.04. The quantitative estimate of drug-likeness (QED) is 0.918. The summed E-state index contributed by atoms with van der Waals surface area (Å²) in [5, 5.41) is 7.45. The number of nitrogens with one attached hydrogen (secondary N) is 1. The van der Waals surface area contributed by atoms with Gasteiger partial charge < -0.3 is 9.64 Å². The Labute approximate surface area is 154 Å². The molecule has 0 bridgehead atoms. The van der Waals surface area contributed by atoms with Crippen molar-refractivity contribution in [3.05, 3.63) is 46.8 Å². The largest absolute Gasteiger partial charge is 0.490 e. The maximum Gasteiger partial charge on any atom is 0.274 e. The Balaban J connectivity index is 1.38. The molecule has 1 fully saturated rings. The van der Waals surface area contributed by atoms with Crippen LogP contribution in [0.25, 0.3) is 0 Å². The first-order valence-corrected chi connectivity index (χ1v) is 9.69. The molecule has 0 radical (unpaired) electrons. The van der Waals surface area contributed by atoms with Gasteiger partial charge in [0.15, 0.2) is 5.69 Å². The summed E-state index contributed by atoms with van der Waals surface area (Å²) in [4.78, 5) is 14.9. The highest BCUT2D eigenvalue weighted by molar-refractivity contribution is 5.94. The Morgan fingerprint density at radius 3 is 2.77 bits per heavy atom. The third kappa shape index (κ3) is 3.35. The highest BCUT2D eigenvalue weighted by atomic mass is 16.5. The van der Waals surface area contributed by atoms with Gasteiger partial charge in [-0.05, 0) is 43.7 Å². The fraction of sp³-hybridized carbons (Fsp3) is 0.524. The van der Waals surface area contributed by atoms with Gasteiger partial charge in [-0.15, -0.1) is 0 Å². The van der Waals surface area contributed by atoms with E-state index in [1.165, 1.54) is 6.42 Å². The van der Waals surface area contributed by atoms with Crippen molar-refractivity contribution in [1.82, 2.24) is 15.1 Å². The molecule has 5 heteroatoms. The minimum Gasteiger partial charge on any atom is -0.490 e. The predicted molar refractivity (Wildman–Crippen MR) is 101 cm³/mol. The van der Waals surface area contributed by atoms with Crippen LogP contribution in [0.3, 0.4) is 0 Å². The van der Waals surface area contributed by atoms with Crippen LogP contribution in [-0.2, 0) is 12.8 Å². The van der Waals surface area contributed by atoms with E-state index in [4.69, 9.17) is 4.74 Å². The SMILES string of the molecule is Cc1ccccc1OC1CCN(C(=O)c2n[nH]c3c2C[C@H](C)CC3)CC1. The second-order valence-corrected chi connectivity index (χ2v) is 7.75. The van der Waals surface area contributed by atoms with Crippen LogP contribution in [0, 0.1) is 12.8 Å². The zero-order chi connectivity index (χ0) is 18.1. The van der Waals surface area contributed by atoms with E-state index in [-0.39, 0.29) is 12.0 Å². The van der Waals surface area contributed by atoms with Crippen molar-refractivity contribution >= 4 is 5.91 Å². The highest BCUT2D eigenvalue weighted by Gasteiger charge is 2.30. The maximum absolute atomic E-state index is 13.0. The molecule has 1 saturated heterocycles. The number of carbonyl (C=O) groups is 1. The second kappa shape index (κ2) is 7.14. The Hall–Kier alpha value is -2.30. The number of piperidine rings is 1. The summed E-state index contributed by atoms with van der Waals surface area (Å²) in [6.45, 7) is 5.77. The van der Waals surface area contributed by atoms with Crippen LogP contribution in [0.1, 0.15) is 53.5 Å². The number of H-pyrrole nitrogens is 1. The number of benzene rings is 1. The molecule has 2 heterocycles. The topological polar surface area (TPSA) is 58.2 Å². The van der Waals surface area contributed by atoms with E-state index < -0.39 is 0 Å². The van der Waals surface area contributed by atoms with E-state index in [9.17, 15) is 4.79 Å². The number of aromatic amines is 1. The summed E-state index contributed by atoms with van der Waals surface area (Å²) in [5.41, 5.74) is 4.10. The average molecular weight is 353 g/mol. The van der Waals surface area contributed by atoms with E-state index in [2.05, 4.69) is 30.1 Å². The van der Waals surface area contributed by atoms with E-state index in [0.29, 0.717) is 11.6 Å². The lowest BCUT2D eigenvalue weighted by atomic mass is 9.87. The molecular formula is C21H27N3O2. The first-order valence-electron chi connectivity index (χ1n) is 9.69. The summed E-state index contributed by atoms with van der Waals surface area (Å²) in [7, 11) is 0. The molecule has 1 aliphatic carbocycles. The van der Waals surface area contributed by atoms with E-state index in [0.717, 1.165) is 61.3 Å². The Bertz CT molecular complexity index is 790. The number of aromatic nitrogens is 2. The molecule has 4 rings (SSSR count). The number of rotatable bonds is 3. The molecule has 1 aromatic heterocycles. The zero-order valence-corrected chi connectivity index (χ0v) is 15.6. The van der Waals surface area contributed by atoms with Gasteiger partial charge in [-0.25, -0.2) is 0 Å². The van der Waals surface area contributed by atoms with Crippen LogP contribution < -0.4 is 4.74 Å². The molecule has 1 amide bonds. The third-order valence-corrected chi connectivity index (χ3v) is 5.71. The maximum atomic E-state index is 13.0. The van der Waals surface area contributed by atoms with Gasteiger partial charge in [0.1, 0.15) is 11.9 Å². The summed E-state index contributed by atoms with van der Waals surface area (Å²) in [6, 6.07) is 8.11. The van der Waals surface area contributed by atoms with Crippen LogP contribution in [0.2, 0.25) is 0 Å². The summed E-state index contributed by atoms with van der Waals surface area (Å²) >= 11 is 0. The number of aryl methyl sites for hydroxylation is 2. The van der Waals surface area contributed by atoms with Crippen LogP contribution in [0.15, 0.2) is 24.3 Å². The molecule has 26 heavy (non-hydrogen) atoms. The van der Waals surface area contributed by atoms with Gasteiger partial charge in [0.25, 0.3) is 5.91 Å². The average Bonchev–Trinajstić information content (AvgIpc) is 3.06. The molecule has 138 valence electrons. The Morgan fingerprint density at radius 2 is 2.00 bits per heavy atom. The lowest BCUT2D eigenvalue weighted by Gasteiger charge is -2.32. The lowest BCUT2D eigenvalue weighted by Crippen LogP contribution is -2.42. The van der Waals surface area contributed by atoms with Crippen molar-refractivity contribution in [2.45, 2.75) is 52.1 Å². The fourth-order valence-corrected chi connectivity index (χ4v) is 4.04. The predicted octanol–water partition coefficient (Wildman–Crippen LogP) is 3.53. The molecular weight excluding hydrogens is 326 g/mol. The normalized spacial score (nSPS) is 20.7. The van der Waals surface area contributed by atoms with Crippen LogP contribution >= 0.6 is 0 Å². The van der Waals surface area contributed by atoms with Gasteiger partial charge in [0, 0.05) is 37.2 Å². The number of hydrogen-bond acceptors (Lipinski definition) is 3. The number of carbonyl (C=O) groups excluding carboxylic acids is 1. The van der Waals surface area contributed by atoms with Crippen molar-refractivity contribution in [2.24, 2.45) is 5.92 Å². The molecule has 2 aliphatic rings. The van der Waals surface area contributed by atoms with Crippen molar-refractivity contribution < 1.29 is 9.53 Å². The first kappa shape index (κ1) is 17.1. The van der Waals surface area contributed by atoms with Gasteiger partial charge in [0.2, 0.25) is 0 Å². The van der Waals surface area contributed by atoms with Crippen molar-refractivity contribution in [3.63, 3.8) is 0 Å². The second-order valence-electron chi connectivity index (χ2n) is 7.75. The van der Waals surface area contributed by atoms with Crippen molar-refractivity contribution in [3.8, 4) is 5.75 Å². The molecule has 1 N–H and O–H groups in total. The Kier molecular flexibility index (Phi) is 4.70.